The molecule has 0 aliphatic rings. The predicted molar refractivity (Wildman–Crippen MR) is 93.5 cm³/mol. The quantitative estimate of drug-likeness (QED) is 0.534. The fraction of sp³-hybridized carbons (Fsp3) is 0.100. The van der Waals surface area contributed by atoms with Gasteiger partial charge in [0.1, 0.15) is 5.75 Å². The second kappa shape index (κ2) is 7.37. The van der Waals surface area contributed by atoms with Crippen LogP contribution >= 0.6 is 0 Å². The molecule has 3 aromatic rings. The van der Waals surface area contributed by atoms with E-state index in [2.05, 4.69) is 16.0 Å². The van der Waals surface area contributed by atoms with Crippen LogP contribution < -0.4 is 4.74 Å². The molecule has 0 bridgehead atoms. The molecule has 0 spiro atoms. The number of aromatic nitrogens is 2. The van der Waals surface area contributed by atoms with Crippen LogP contribution in [0, 0.1) is 11.3 Å². The van der Waals surface area contributed by atoms with E-state index in [1.165, 1.54) is 0 Å². The SMILES string of the molecule is CCC(=O)Oc1ccc(-c2ncc(-c3ccc(C#N)cc3)cn2)cc1. The summed E-state index contributed by atoms with van der Waals surface area (Å²) in [5.74, 6) is 0.825. The lowest BCUT2D eigenvalue weighted by Gasteiger charge is -2.05. The van der Waals surface area contributed by atoms with E-state index in [9.17, 15) is 4.79 Å². The highest BCUT2D eigenvalue weighted by Gasteiger charge is 2.06. The van der Waals surface area contributed by atoms with Gasteiger partial charge < -0.3 is 4.74 Å². The average molecular weight is 329 g/mol. The number of hydrogen-bond acceptors (Lipinski definition) is 5. The summed E-state index contributed by atoms with van der Waals surface area (Å²) in [6, 6.07) is 16.4. The van der Waals surface area contributed by atoms with Crippen LogP contribution in [-0.4, -0.2) is 15.9 Å². The maximum atomic E-state index is 11.3. The Bertz CT molecular complexity index is 909. The van der Waals surface area contributed by atoms with Crippen molar-refractivity contribution in [1.29, 1.82) is 5.26 Å². The number of nitriles is 1. The third-order valence-electron chi connectivity index (χ3n) is 3.63. The lowest BCUT2D eigenvalue weighted by molar-refractivity contribution is -0.134. The molecule has 0 N–H and O–H groups in total. The van der Waals surface area contributed by atoms with Crippen molar-refractivity contribution in [2.45, 2.75) is 13.3 Å². The van der Waals surface area contributed by atoms with Gasteiger partial charge in [0.05, 0.1) is 11.6 Å². The third kappa shape index (κ3) is 3.88. The highest BCUT2D eigenvalue weighted by Crippen LogP contribution is 2.22. The van der Waals surface area contributed by atoms with E-state index in [4.69, 9.17) is 10.00 Å². The Hall–Kier alpha value is -3.52. The van der Waals surface area contributed by atoms with E-state index in [1.807, 2.05) is 24.3 Å². The second-order valence-corrected chi connectivity index (χ2v) is 5.34. The van der Waals surface area contributed by atoms with E-state index in [-0.39, 0.29) is 5.97 Å². The molecule has 0 saturated carbocycles. The number of carbonyl (C=O) groups is 1. The van der Waals surface area contributed by atoms with E-state index in [0.717, 1.165) is 16.7 Å². The summed E-state index contributed by atoms with van der Waals surface area (Å²) in [6.45, 7) is 1.75. The molecule has 0 aliphatic heterocycles. The molecule has 2 aromatic carbocycles. The number of rotatable bonds is 4. The summed E-state index contributed by atoms with van der Waals surface area (Å²) in [7, 11) is 0. The maximum absolute atomic E-state index is 11.3. The molecule has 5 nitrogen and oxygen atoms in total. The lowest BCUT2D eigenvalue weighted by Crippen LogP contribution is -2.05. The minimum atomic E-state index is -0.268. The number of benzene rings is 2. The summed E-state index contributed by atoms with van der Waals surface area (Å²) >= 11 is 0. The predicted octanol–water partition coefficient (Wildman–Crippen LogP) is 4.00. The Morgan fingerprint density at radius 2 is 1.56 bits per heavy atom. The van der Waals surface area contributed by atoms with Gasteiger partial charge in [-0.3, -0.25) is 4.79 Å². The standard InChI is InChI=1S/C20H15N3O2/c1-2-19(24)25-18-9-7-16(8-10-18)20-22-12-17(13-23-20)15-5-3-14(11-21)4-6-15/h3-10,12-13H,2H2,1H3. The van der Waals surface area contributed by atoms with Gasteiger partial charge in [-0.1, -0.05) is 19.1 Å². The molecule has 0 radical (unpaired) electrons. The molecule has 0 unspecified atom stereocenters. The molecule has 25 heavy (non-hydrogen) atoms. The van der Waals surface area contributed by atoms with Crippen molar-refractivity contribution in [2.75, 3.05) is 0 Å². The molecule has 0 atom stereocenters. The van der Waals surface area contributed by atoms with Gasteiger partial charge in [0.15, 0.2) is 5.82 Å². The first-order valence-electron chi connectivity index (χ1n) is 7.83. The van der Waals surface area contributed by atoms with Crippen LogP contribution in [0.3, 0.4) is 0 Å². The molecule has 122 valence electrons. The number of ether oxygens (including phenoxy) is 1. The lowest BCUT2D eigenvalue weighted by atomic mass is 10.1. The Morgan fingerprint density at radius 1 is 0.960 bits per heavy atom. The Morgan fingerprint density at radius 3 is 2.12 bits per heavy atom. The number of esters is 1. The molecule has 5 heteroatoms. The van der Waals surface area contributed by atoms with Crippen LogP contribution in [0.1, 0.15) is 18.9 Å². The molecule has 0 saturated heterocycles. The van der Waals surface area contributed by atoms with Crippen molar-refractivity contribution in [3.8, 4) is 34.3 Å². The van der Waals surface area contributed by atoms with Crippen LogP contribution in [0.15, 0.2) is 60.9 Å². The van der Waals surface area contributed by atoms with E-state index < -0.39 is 0 Å². The summed E-state index contributed by atoms with van der Waals surface area (Å²) in [4.78, 5) is 20.1. The van der Waals surface area contributed by atoms with Crippen molar-refractivity contribution in [3.05, 3.63) is 66.5 Å². The maximum Gasteiger partial charge on any atom is 0.310 e. The fourth-order valence-corrected chi connectivity index (χ4v) is 2.24. The van der Waals surface area contributed by atoms with Gasteiger partial charge in [-0.15, -0.1) is 0 Å². The van der Waals surface area contributed by atoms with Crippen LogP contribution in [0.5, 0.6) is 5.75 Å². The zero-order valence-corrected chi connectivity index (χ0v) is 13.6. The number of carbonyl (C=O) groups excluding carboxylic acids is 1. The van der Waals surface area contributed by atoms with Crippen LogP contribution in [-0.2, 0) is 4.79 Å². The van der Waals surface area contributed by atoms with Gasteiger partial charge >= 0.3 is 5.97 Å². The Kier molecular flexibility index (Phi) is 4.82. The van der Waals surface area contributed by atoms with Crippen molar-refractivity contribution in [1.82, 2.24) is 9.97 Å². The van der Waals surface area contributed by atoms with Gasteiger partial charge in [-0.05, 0) is 42.0 Å². The topological polar surface area (TPSA) is 75.9 Å². The third-order valence-corrected chi connectivity index (χ3v) is 3.63. The van der Waals surface area contributed by atoms with Gasteiger partial charge in [0, 0.05) is 29.9 Å². The summed E-state index contributed by atoms with van der Waals surface area (Å²) in [6.07, 6.45) is 3.82. The molecule has 1 aromatic heterocycles. The van der Waals surface area contributed by atoms with E-state index >= 15 is 0 Å². The molecular formula is C20H15N3O2. The Labute approximate surface area is 145 Å². The zero-order chi connectivity index (χ0) is 17.6. The van der Waals surface area contributed by atoms with Crippen LogP contribution in [0.25, 0.3) is 22.5 Å². The fourth-order valence-electron chi connectivity index (χ4n) is 2.24. The highest BCUT2D eigenvalue weighted by atomic mass is 16.5. The van der Waals surface area contributed by atoms with Crippen molar-refractivity contribution >= 4 is 5.97 Å². The van der Waals surface area contributed by atoms with Gasteiger partial charge in [-0.2, -0.15) is 5.26 Å². The molecule has 1 heterocycles. The van der Waals surface area contributed by atoms with Crippen LogP contribution in [0.2, 0.25) is 0 Å². The van der Waals surface area contributed by atoms with Gasteiger partial charge in [0.2, 0.25) is 0 Å². The van der Waals surface area contributed by atoms with E-state index in [0.29, 0.717) is 23.6 Å². The zero-order valence-electron chi connectivity index (χ0n) is 13.6. The monoisotopic (exact) mass is 329 g/mol. The summed E-state index contributed by atoms with van der Waals surface area (Å²) < 4.78 is 5.15. The first-order chi connectivity index (χ1) is 12.2. The molecule has 0 aliphatic carbocycles. The second-order valence-electron chi connectivity index (χ2n) is 5.34. The minimum absolute atomic E-state index is 0.268. The highest BCUT2D eigenvalue weighted by molar-refractivity contribution is 5.72. The summed E-state index contributed by atoms with van der Waals surface area (Å²) in [5.41, 5.74) is 3.28. The normalized spacial score (nSPS) is 10.1. The first-order valence-corrected chi connectivity index (χ1v) is 7.83. The minimum Gasteiger partial charge on any atom is -0.427 e. The average Bonchev–Trinajstić information content (AvgIpc) is 2.69. The summed E-state index contributed by atoms with van der Waals surface area (Å²) in [5, 5.41) is 8.84. The molecule has 0 amide bonds. The number of hydrogen-bond donors (Lipinski definition) is 0. The van der Waals surface area contributed by atoms with Crippen molar-refractivity contribution in [3.63, 3.8) is 0 Å². The molecule has 3 rings (SSSR count). The molecule has 0 fully saturated rings. The van der Waals surface area contributed by atoms with E-state index in [1.54, 1.807) is 43.6 Å². The first kappa shape index (κ1) is 16.3. The van der Waals surface area contributed by atoms with Gasteiger partial charge in [0.25, 0.3) is 0 Å². The Balaban J connectivity index is 1.77. The largest absolute Gasteiger partial charge is 0.427 e. The molecular weight excluding hydrogens is 314 g/mol. The smallest absolute Gasteiger partial charge is 0.310 e. The van der Waals surface area contributed by atoms with Crippen molar-refractivity contribution in [2.24, 2.45) is 0 Å². The van der Waals surface area contributed by atoms with Gasteiger partial charge in [-0.25, -0.2) is 9.97 Å². The van der Waals surface area contributed by atoms with Crippen LogP contribution in [0.4, 0.5) is 0 Å². The van der Waals surface area contributed by atoms with Crippen molar-refractivity contribution < 1.29 is 9.53 Å². The number of nitrogens with zero attached hydrogens (tertiary/aromatic N) is 3.